The van der Waals surface area contributed by atoms with E-state index < -0.39 is 0 Å². The lowest BCUT2D eigenvalue weighted by molar-refractivity contribution is -0.120. The third-order valence-electron chi connectivity index (χ3n) is 4.20. The number of carbonyl (C=O) groups is 1. The predicted octanol–water partition coefficient (Wildman–Crippen LogP) is 3.18. The summed E-state index contributed by atoms with van der Waals surface area (Å²) in [4.78, 5) is 21.7. The second kappa shape index (κ2) is 7.68. The normalized spacial score (nSPS) is 12.5. The van der Waals surface area contributed by atoms with Crippen molar-refractivity contribution in [2.45, 2.75) is 12.5 Å². The molecule has 0 fully saturated rings. The molecule has 0 spiro atoms. The number of rotatable bonds is 6. The van der Waals surface area contributed by atoms with Gasteiger partial charge in [0.05, 0.1) is 29.8 Å². The largest absolute Gasteiger partial charge is 0.354 e. The molecule has 0 aliphatic heterocycles. The zero-order valence-corrected chi connectivity index (χ0v) is 15.0. The molecule has 2 aromatic carbocycles. The Labute approximate surface area is 152 Å². The number of nitrogens with one attached hydrogen (secondary N) is 2. The lowest BCUT2D eigenvalue weighted by Crippen LogP contribution is -2.35. The first-order valence-electron chi connectivity index (χ1n) is 8.13. The van der Waals surface area contributed by atoms with E-state index in [0.29, 0.717) is 18.0 Å². The van der Waals surface area contributed by atoms with Gasteiger partial charge < -0.3 is 15.2 Å². The monoisotopic (exact) mass is 356 g/mol. The average molecular weight is 357 g/mol. The van der Waals surface area contributed by atoms with Gasteiger partial charge in [0.1, 0.15) is 0 Å². The van der Waals surface area contributed by atoms with Crippen LogP contribution in [0.5, 0.6) is 0 Å². The van der Waals surface area contributed by atoms with Crippen LogP contribution in [0.25, 0.3) is 11.0 Å². The fraction of sp³-hybridized carbons (Fsp3) is 0.263. The second-order valence-corrected chi connectivity index (χ2v) is 6.71. The summed E-state index contributed by atoms with van der Waals surface area (Å²) in [5, 5.41) is 3.72. The summed E-state index contributed by atoms with van der Waals surface area (Å²) >= 11 is 6.09. The first-order chi connectivity index (χ1) is 12.0. The Morgan fingerprint density at radius 1 is 1.28 bits per heavy atom. The van der Waals surface area contributed by atoms with E-state index in [2.05, 4.69) is 20.2 Å². The van der Waals surface area contributed by atoms with Crippen LogP contribution in [0.1, 0.15) is 17.2 Å². The van der Waals surface area contributed by atoms with Crippen LogP contribution in [0, 0.1) is 0 Å². The Bertz CT molecular complexity index is 874. The number of H-pyrrole nitrogens is 1. The number of amides is 1. The molecule has 3 aromatic rings. The molecule has 1 heterocycles. The Balaban J connectivity index is 1.63. The number of imidazole rings is 1. The van der Waals surface area contributed by atoms with Crippen LogP contribution < -0.4 is 5.32 Å². The number of hydrogen-bond donors (Lipinski definition) is 2. The van der Waals surface area contributed by atoms with Gasteiger partial charge in [0.15, 0.2) is 0 Å². The molecule has 2 N–H and O–H groups in total. The van der Waals surface area contributed by atoms with E-state index in [4.69, 9.17) is 11.6 Å². The zero-order valence-electron chi connectivity index (χ0n) is 14.3. The minimum atomic E-state index is -0.00672. The van der Waals surface area contributed by atoms with E-state index in [1.165, 1.54) is 0 Å². The van der Waals surface area contributed by atoms with E-state index in [0.717, 1.165) is 22.2 Å². The highest BCUT2D eigenvalue weighted by Gasteiger charge is 2.16. The Morgan fingerprint density at radius 2 is 2.12 bits per heavy atom. The van der Waals surface area contributed by atoms with Gasteiger partial charge in [0, 0.05) is 11.6 Å². The fourth-order valence-electron chi connectivity index (χ4n) is 2.86. The van der Waals surface area contributed by atoms with Crippen molar-refractivity contribution < 1.29 is 4.79 Å². The number of carbonyl (C=O) groups excluding carboxylic acids is 1. The number of benzene rings is 2. The highest BCUT2D eigenvalue weighted by Crippen LogP contribution is 2.21. The van der Waals surface area contributed by atoms with Gasteiger partial charge in [-0.25, -0.2) is 4.98 Å². The molecule has 1 unspecified atom stereocenters. The molecular formula is C19H21ClN4O. The lowest BCUT2D eigenvalue weighted by atomic mass is 10.1. The number of nitrogens with zero attached hydrogens (tertiary/aromatic N) is 2. The molecule has 0 aliphatic carbocycles. The van der Waals surface area contributed by atoms with Crippen molar-refractivity contribution in [3.63, 3.8) is 0 Å². The van der Waals surface area contributed by atoms with Gasteiger partial charge in [-0.05, 0) is 49.5 Å². The number of halogens is 1. The number of likely N-dealkylation sites (N-methyl/N-ethyl adjacent to an activating group) is 1. The van der Waals surface area contributed by atoms with E-state index in [1.807, 2.05) is 56.6 Å². The van der Waals surface area contributed by atoms with Crippen LogP contribution in [0.3, 0.4) is 0 Å². The maximum absolute atomic E-state index is 12.3. The standard InChI is InChI=1S/C19H21ClN4O/c1-24(2)18(14-4-3-5-15(20)10-14)11-21-19(25)9-13-6-7-16-17(8-13)23-12-22-16/h3-8,10,12,18H,9,11H2,1-2H3,(H,21,25)(H,22,23). The summed E-state index contributed by atoms with van der Waals surface area (Å²) in [5.41, 5.74) is 3.88. The Hall–Kier alpha value is -2.37. The maximum Gasteiger partial charge on any atom is 0.224 e. The van der Waals surface area contributed by atoms with Crippen molar-refractivity contribution >= 4 is 28.5 Å². The zero-order chi connectivity index (χ0) is 17.8. The van der Waals surface area contributed by atoms with Crippen molar-refractivity contribution in [1.82, 2.24) is 20.2 Å². The van der Waals surface area contributed by atoms with Gasteiger partial charge in [-0.3, -0.25) is 4.79 Å². The third kappa shape index (κ3) is 4.38. The van der Waals surface area contributed by atoms with Gasteiger partial charge in [0.25, 0.3) is 0 Å². The first-order valence-corrected chi connectivity index (χ1v) is 8.51. The Morgan fingerprint density at radius 3 is 2.88 bits per heavy atom. The van der Waals surface area contributed by atoms with Gasteiger partial charge in [-0.1, -0.05) is 29.8 Å². The van der Waals surface area contributed by atoms with E-state index in [9.17, 15) is 4.79 Å². The van der Waals surface area contributed by atoms with Crippen LogP contribution in [0.15, 0.2) is 48.8 Å². The fourth-order valence-corrected chi connectivity index (χ4v) is 3.06. The molecule has 25 heavy (non-hydrogen) atoms. The van der Waals surface area contributed by atoms with Crippen molar-refractivity contribution in [3.05, 3.63) is 64.9 Å². The summed E-state index contributed by atoms with van der Waals surface area (Å²) in [6.45, 7) is 0.526. The average Bonchev–Trinajstić information content (AvgIpc) is 3.02. The number of hydrogen-bond acceptors (Lipinski definition) is 3. The second-order valence-electron chi connectivity index (χ2n) is 6.27. The summed E-state index contributed by atoms with van der Waals surface area (Å²) < 4.78 is 0. The van der Waals surface area contributed by atoms with Crippen LogP contribution in [0.4, 0.5) is 0 Å². The molecule has 1 atom stereocenters. The summed E-state index contributed by atoms with van der Waals surface area (Å²) in [6, 6.07) is 13.6. The van der Waals surface area contributed by atoms with Crippen LogP contribution in [-0.2, 0) is 11.2 Å². The number of fused-ring (bicyclic) bond motifs is 1. The molecule has 6 heteroatoms. The predicted molar refractivity (Wildman–Crippen MR) is 101 cm³/mol. The van der Waals surface area contributed by atoms with Gasteiger partial charge in [-0.15, -0.1) is 0 Å². The van der Waals surface area contributed by atoms with Gasteiger partial charge in [0.2, 0.25) is 5.91 Å². The van der Waals surface area contributed by atoms with Crippen LogP contribution >= 0.6 is 11.6 Å². The molecule has 0 bridgehead atoms. The third-order valence-corrected chi connectivity index (χ3v) is 4.43. The van der Waals surface area contributed by atoms with Crippen molar-refractivity contribution in [1.29, 1.82) is 0 Å². The highest BCUT2D eigenvalue weighted by atomic mass is 35.5. The lowest BCUT2D eigenvalue weighted by Gasteiger charge is -2.25. The van der Waals surface area contributed by atoms with E-state index in [1.54, 1.807) is 6.33 Å². The summed E-state index contributed by atoms with van der Waals surface area (Å²) in [7, 11) is 3.98. The topological polar surface area (TPSA) is 61.0 Å². The molecule has 0 radical (unpaired) electrons. The van der Waals surface area contributed by atoms with Crippen LogP contribution in [0.2, 0.25) is 5.02 Å². The molecular weight excluding hydrogens is 336 g/mol. The molecule has 0 aliphatic rings. The molecule has 1 amide bonds. The first kappa shape index (κ1) is 17.5. The highest BCUT2D eigenvalue weighted by molar-refractivity contribution is 6.30. The SMILES string of the molecule is CN(C)C(CNC(=O)Cc1ccc2nc[nH]c2c1)c1cccc(Cl)c1. The number of aromatic amines is 1. The molecule has 130 valence electrons. The van der Waals surface area contributed by atoms with Crippen molar-refractivity contribution in [2.24, 2.45) is 0 Å². The summed E-state index contributed by atoms with van der Waals surface area (Å²) in [5.74, 6) is -0.00672. The molecule has 1 aromatic heterocycles. The van der Waals surface area contributed by atoms with Crippen molar-refractivity contribution in [3.8, 4) is 0 Å². The molecule has 0 saturated heterocycles. The van der Waals surface area contributed by atoms with E-state index >= 15 is 0 Å². The maximum atomic E-state index is 12.3. The smallest absolute Gasteiger partial charge is 0.224 e. The Kier molecular flexibility index (Phi) is 5.36. The minimum absolute atomic E-state index is 0.00672. The van der Waals surface area contributed by atoms with Crippen LogP contribution in [-0.4, -0.2) is 41.4 Å². The van der Waals surface area contributed by atoms with E-state index in [-0.39, 0.29) is 11.9 Å². The van der Waals surface area contributed by atoms with Gasteiger partial charge >= 0.3 is 0 Å². The van der Waals surface area contributed by atoms with Crippen molar-refractivity contribution in [2.75, 3.05) is 20.6 Å². The minimum Gasteiger partial charge on any atom is -0.354 e. The molecule has 0 saturated carbocycles. The summed E-state index contributed by atoms with van der Waals surface area (Å²) in [6.07, 6.45) is 1.99. The number of aromatic nitrogens is 2. The van der Waals surface area contributed by atoms with Gasteiger partial charge in [-0.2, -0.15) is 0 Å². The molecule has 5 nitrogen and oxygen atoms in total. The quantitative estimate of drug-likeness (QED) is 0.713. The molecule has 3 rings (SSSR count).